The van der Waals surface area contributed by atoms with Crippen molar-refractivity contribution >= 4 is 87.8 Å². The van der Waals surface area contributed by atoms with Gasteiger partial charge in [-0.2, -0.15) is 0 Å². The van der Waals surface area contributed by atoms with Crippen LogP contribution in [0.1, 0.15) is 49.9 Å². The molecule has 0 bridgehead atoms. The highest BCUT2D eigenvalue weighted by atomic mass is 16.3. The fraction of sp³-hybridized carbons (Fsp3) is 0.100. The minimum Gasteiger partial charge on any atom is -0.456 e. The van der Waals surface area contributed by atoms with Crippen LogP contribution in [0, 0.1) is 0 Å². The van der Waals surface area contributed by atoms with Gasteiger partial charge in [0.1, 0.15) is 44.7 Å². The van der Waals surface area contributed by atoms with Gasteiger partial charge >= 0.3 is 0 Å². The molecule has 4 aromatic heterocycles. The summed E-state index contributed by atoms with van der Waals surface area (Å²) in [5.74, 6) is 0. The number of furan rings is 4. The maximum Gasteiger partial charge on any atom is 0.144 e. The van der Waals surface area contributed by atoms with Gasteiger partial charge in [-0.15, -0.1) is 0 Å². The lowest BCUT2D eigenvalue weighted by Gasteiger charge is -2.21. The normalized spacial score (nSPS) is 14.8. The molecule has 9 aromatic carbocycles. The third-order valence-corrected chi connectivity index (χ3v) is 15.1. The van der Waals surface area contributed by atoms with Crippen LogP contribution >= 0.6 is 0 Å². The zero-order chi connectivity index (χ0) is 42.4. The number of hydrogen-bond acceptors (Lipinski definition) is 4. The molecule has 4 heterocycles. The van der Waals surface area contributed by atoms with E-state index in [2.05, 4.69) is 173 Å². The number of hydrogen-bond donors (Lipinski definition) is 0. The summed E-state index contributed by atoms with van der Waals surface area (Å²) in [4.78, 5) is 0. The molecule has 4 heteroatoms. The summed E-state index contributed by atoms with van der Waals surface area (Å²) < 4.78 is 27.7. The molecule has 0 spiro atoms. The molecule has 0 N–H and O–H groups in total. The minimum atomic E-state index is -0.0786. The molecule has 0 atom stereocenters. The van der Waals surface area contributed by atoms with Gasteiger partial charge in [-0.25, -0.2) is 0 Å². The molecule has 0 amide bonds. The van der Waals surface area contributed by atoms with Crippen molar-refractivity contribution in [1.29, 1.82) is 0 Å². The average molecular weight is 823 g/mol. The molecule has 13 aromatic rings. The topological polar surface area (TPSA) is 52.6 Å². The van der Waals surface area contributed by atoms with Gasteiger partial charge in [0, 0.05) is 65.0 Å². The zero-order valence-corrected chi connectivity index (χ0v) is 35.6. The summed E-state index contributed by atoms with van der Waals surface area (Å²) in [6.45, 7) is 9.28. The Bertz CT molecular complexity index is 3980. The second-order valence-corrected chi connectivity index (χ2v) is 19.1. The molecule has 15 rings (SSSR count). The van der Waals surface area contributed by atoms with E-state index in [0.717, 1.165) is 110 Å². The van der Waals surface area contributed by atoms with Crippen molar-refractivity contribution in [2.45, 2.75) is 38.5 Å². The van der Waals surface area contributed by atoms with Crippen LogP contribution in [0.3, 0.4) is 0 Å². The summed E-state index contributed by atoms with van der Waals surface area (Å²) in [7, 11) is 0. The molecule has 4 nitrogen and oxygen atoms in total. The second-order valence-electron chi connectivity index (χ2n) is 19.1. The van der Waals surface area contributed by atoms with Crippen LogP contribution in [0.15, 0.2) is 175 Å². The first kappa shape index (κ1) is 34.7. The molecule has 0 fully saturated rings. The number of rotatable bonds is 2. The molecule has 0 saturated carbocycles. The highest BCUT2D eigenvalue weighted by Gasteiger charge is 2.37. The quantitative estimate of drug-likeness (QED) is 0.174. The number of benzene rings is 9. The van der Waals surface area contributed by atoms with Crippen LogP contribution in [0.5, 0.6) is 0 Å². The van der Waals surface area contributed by atoms with Crippen molar-refractivity contribution < 1.29 is 17.7 Å². The largest absolute Gasteiger partial charge is 0.456 e. The highest BCUT2D eigenvalue weighted by molar-refractivity contribution is 6.32. The molecule has 0 aliphatic heterocycles. The van der Waals surface area contributed by atoms with E-state index in [4.69, 9.17) is 17.7 Å². The monoisotopic (exact) mass is 822 g/mol. The lowest BCUT2D eigenvalue weighted by Crippen LogP contribution is -2.14. The standard InChI is InChI=1S/C60H38O4/c1-59(2)43-17-9-5-13-33(43)39-25-31(21-23-45(39)59)37-27-51-53(55-35-15-7-11-19-47(35)63-57(37)55)41-29-50-42(30-49(41)61-51)54-52(62-50)28-38(58-56(54)36-16-8-12-20-48(36)64-58)32-22-24-46-40(26-32)34-14-6-10-18-44(34)60(46,3)4/h5-30H,1-4H3. The van der Waals surface area contributed by atoms with Gasteiger partial charge < -0.3 is 17.7 Å². The van der Waals surface area contributed by atoms with E-state index in [1.54, 1.807) is 0 Å². The highest BCUT2D eigenvalue weighted by Crippen LogP contribution is 2.54. The Kier molecular flexibility index (Phi) is 6.29. The van der Waals surface area contributed by atoms with E-state index >= 15 is 0 Å². The molecule has 0 unspecified atom stereocenters. The summed E-state index contributed by atoms with van der Waals surface area (Å²) in [6.07, 6.45) is 0. The van der Waals surface area contributed by atoms with Crippen molar-refractivity contribution in [3.8, 4) is 44.5 Å². The summed E-state index contributed by atoms with van der Waals surface area (Å²) >= 11 is 0. The molecular formula is C60H38O4. The average Bonchev–Trinajstić information content (AvgIpc) is 4.15. The fourth-order valence-electron chi connectivity index (χ4n) is 12.0. The summed E-state index contributed by atoms with van der Waals surface area (Å²) in [5.41, 5.74) is 21.2. The Balaban J connectivity index is 0.987. The van der Waals surface area contributed by atoms with Crippen LogP contribution in [0.2, 0.25) is 0 Å². The first-order valence-electron chi connectivity index (χ1n) is 22.2. The Morgan fingerprint density at radius 1 is 0.281 bits per heavy atom. The molecule has 0 radical (unpaired) electrons. The third kappa shape index (κ3) is 4.24. The van der Waals surface area contributed by atoms with Crippen LogP contribution < -0.4 is 0 Å². The smallest absolute Gasteiger partial charge is 0.144 e. The summed E-state index contributed by atoms with van der Waals surface area (Å²) in [6, 6.07) is 56.8. The van der Waals surface area contributed by atoms with E-state index in [-0.39, 0.29) is 10.8 Å². The molecule has 0 saturated heterocycles. The van der Waals surface area contributed by atoms with Crippen LogP contribution in [-0.4, -0.2) is 0 Å². The van der Waals surface area contributed by atoms with E-state index in [1.807, 2.05) is 12.1 Å². The van der Waals surface area contributed by atoms with E-state index < -0.39 is 0 Å². The van der Waals surface area contributed by atoms with E-state index in [1.165, 1.54) is 44.5 Å². The van der Waals surface area contributed by atoms with Crippen molar-refractivity contribution in [1.82, 2.24) is 0 Å². The fourth-order valence-corrected chi connectivity index (χ4v) is 12.0. The predicted molar refractivity (Wildman–Crippen MR) is 262 cm³/mol. The SMILES string of the molecule is CC1(C)c2ccccc2-c2cc(-c3cc4oc5cc6c(cc5c4c4c3oc3ccccc34)oc3cc(-c4ccc5c(c4)-c4ccccc4C5(C)C)c4oc5ccccc5c4c36)ccc21. The summed E-state index contributed by atoms with van der Waals surface area (Å²) in [5, 5.41) is 8.23. The first-order chi connectivity index (χ1) is 31.2. The molecule has 2 aliphatic rings. The van der Waals surface area contributed by atoms with Gasteiger partial charge in [-0.05, 0) is 104 Å². The molecular weight excluding hydrogens is 785 g/mol. The number of para-hydroxylation sites is 2. The molecule has 2 aliphatic carbocycles. The van der Waals surface area contributed by atoms with E-state index in [0.29, 0.717) is 0 Å². The minimum absolute atomic E-state index is 0.0786. The third-order valence-electron chi connectivity index (χ3n) is 15.1. The molecule has 64 heavy (non-hydrogen) atoms. The maximum atomic E-state index is 7.00. The molecule has 302 valence electrons. The second kappa shape index (κ2) is 11.6. The van der Waals surface area contributed by atoms with Crippen molar-refractivity contribution in [2.75, 3.05) is 0 Å². The van der Waals surface area contributed by atoms with Crippen molar-refractivity contribution in [3.05, 3.63) is 180 Å². The van der Waals surface area contributed by atoms with Gasteiger partial charge in [-0.1, -0.05) is 137 Å². The predicted octanol–water partition coefficient (Wildman–Crippen LogP) is 17.2. The Labute approximate surface area is 366 Å². The van der Waals surface area contributed by atoms with Crippen molar-refractivity contribution in [3.63, 3.8) is 0 Å². The number of fused-ring (bicyclic) bond motifs is 20. The lowest BCUT2D eigenvalue weighted by molar-refractivity contribution is 0.659. The van der Waals surface area contributed by atoms with Gasteiger partial charge in [0.2, 0.25) is 0 Å². The lowest BCUT2D eigenvalue weighted by atomic mass is 9.82. The van der Waals surface area contributed by atoms with E-state index in [9.17, 15) is 0 Å². The van der Waals surface area contributed by atoms with Gasteiger partial charge in [0.25, 0.3) is 0 Å². The van der Waals surface area contributed by atoms with Gasteiger partial charge in [-0.3, -0.25) is 0 Å². The Morgan fingerprint density at radius 3 is 1.16 bits per heavy atom. The van der Waals surface area contributed by atoms with Crippen LogP contribution in [0.25, 0.3) is 132 Å². The van der Waals surface area contributed by atoms with Crippen LogP contribution in [0.4, 0.5) is 0 Å². The van der Waals surface area contributed by atoms with Gasteiger partial charge in [0.05, 0.1) is 0 Å². The first-order valence-corrected chi connectivity index (χ1v) is 22.2. The van der Waals surface area contributed by atoms with Crippen LogP contribution in [-0.2, 0) is 10.8 Å². The Hall–Kier alpha value is -7.82. The van der Waals surface area contributed by atoms with Gasteiger partial charge in [0.15, 0.2) is 0 Å². The van der Waals surface area contributed by atoms with Crippen molar-refractivity contribution in [2.24, 2.45) is 0 Å². The zero-order valence-electron chi connectivity index (χ0n) is 35.6. The maximum absolute atomic E-state index is 7.00. The Morgan fingerprint density at radius 2 is 0.688 bits per heavy atom.